The van der Waals surface area contributed by atoms with E-state index in [1.54, 1.807) is 12.1 Å². The minimum absolute atomic E-state index is 0.175. The molecule has 0 saturated carbocycles. The van der Waals surface area contributed by atoms with Gasteiger partial charge < -0.3 is 5.32 Å². The normalized spacial score (nSPS) is 11.5. The van der Waals surface area contributed by atoms with Gasteiger partial charge in [-0.25, -0.2) is 0 Å². The van der Waals surface area contributed by atoms with Gasteiger partial charge in [0.1, 0.15) is 0 Å². The summed E-state index contributed by atoms with van der Waals surface area (Å²) < 4.78 is 36.5. The van der Waals surface area contributed by atoms with E-state index in [4.69, 9.17) is 0 Å². The highest BCUT2D eigenvalue weighted by Crippen LogP contribution is 2.19. The molecule has 0 radical (unpaired) electrons. The van der Waals surface area contributed by atoms with Gasteiger partial charge >= 0.3 is 12.1 Å². The summed E-state index contributed by atoms with van der Waals surface area (Å²) in [4.78, 5) is 10.9. The summed E-state index contributed by atoms with van der Waals surface area (Å²) in [5.41, 5.74) is 1.26. The number of carbonyl (C=O) groups excluding carboxylic acids is 1. The van der Waals surface area contributed by atoms with Crippen LogP contribution in [0, 0.1) is 0 Å². The van der Waals surface area contributed by atoms with Crippen molar-refractivity contribution in [1.82, 2.24) is 0 Å². The molecule has 0 heterocycles. The number of unbranched alkanes of at least 4 members (excludes halogenated alkanes) is 9. The number of anilines is 1. The Hall–Kier alpha value is -1.52. The maximum atomic E-state index is 12.2. The van der Waals surface area contributed by atoms with Gasteiger partial charge in [0.25, 0.3) is 0 Å². The quantitative estimate of drug-likeness (QED) is 0.417. The Kier molecular flexibility index (Phi) is 10.3. The zero-order valence-corrected chi connectivity index (χ0v) is 15.1. The van der Waals surface area contributed by atoms with Crippen LogP contribution >= 0.6 is 0 Å². The number of aryl methyl sites for hydroxylation is 1. The second-order valence-electron chi connectivity index (χ2n) is 6.58. The smallest absolute Gasteiger partial charge is 0.318 e. The van der Waals surface area contributed by atoms with Crippen LogP contribution in [0.1, 0.15) is 76.7 Å². The molecule has 0 atom stereocenters. The molecule has 1 aromatic rings. The molecular formula is C20H30F3NO. The molecule has 0 aliphatic heterocycles. The zero-order chi connectivity index (χ0) is 18.5. The fraction of sp³-hybridized carbons (Fsp3) is 0.650. The van der Waals surface area contributed by atoms with E-state index < -0.39 is 12.1 Å². The fourth-order valence-corrected chi connectivity index (χ4v) is 2.77. The summed E-state index contributed by atoms with van der Waals surface area (Å²) in [5, 5.41) is 1.85. The second-order valence-corrected chi connectivity index (χ2v) is 6.58. The lowest BCUT2D eigenvalue weighted by atomic mass is 10.0. The second kappa shape index (κ2) is 11.9. The third-order valence-corrected chi connectivity index (χ3v) is 4.29. The highest BCUT2D eigenvalue weighted by Gasteiger charge is 2.38. The predicted molar refractivity (Wildman–Crippen MR) is 96.7 cm³/mol. The SMILES string of the molecule is CCCCCCCCCCCCc1ccc(NC(=O)C(F)(F)F)cc1. The summed E-state index contributed by atoms with van der Waals surface area (Å²) in [7, 11) is 0. The molecule has 142 valence electrons. The van der Waals surface area contributed by atoms with Crippen LogP contribution in [0.15, 0.2) is 24.3 Å². The highest BCUT2D eigenvalue weighted by molar-refractivity contribution is 5.94. The molecule has 1 amide bonds. The Morgan fingerprint density at radius 2 is 1.32 bits per heavy atom. The summed E-state index contributed by atoms with van der Waals surface area (Å²) in [6, 6.07) is 6.60. The number of halogens is 3. The van der Waals surface area contributed by atoms with Gasteiger partial charge in [-0.3, -0.25) is 4.79 Å². The van der Waals surface area contributed by atoms with E-state index in [-0.39, 0.29) is 5.69 Å². The molecule has 0 aromatic heterocycles. The maximum Gasteiger partial charge on any atom is 0.471 e. The molecule has 25 heavy (non-hydrogen) atoms. The number of hydrogen-bond donors (Lipinski definition) is 1. The fourth-order valence-electron chi connectivity index (χ4n) is 2.77. The van der Waals surface area contributed by atoms with Gasteiger partial charge in [-0.1, -0.05) is 76.8 Å². The number of rotatable bonds is 12. The topological polar surface area (TPSA) is 29.1 Å². The molecule has 0 aliphatic rings. The minimum Gasteiger partial charge on any atom is -0.318 e. The summed E-state index contributed by atoms with van der Waals surface area (Å²) in [5.74, 6) is -1.94. The number of nitrogens with one attached hydrogen (secondary N) is 1. The third kappa shape index (κ3) is 10.1. The van der Waals surface area contributed by atoms with Crippen LogP contribution < -0.4 is 5.32 Å². The van der Waals surface area contributed by atoms with Crippen LogP contribution in [-0.2, 0) is 11.2 Å². The van der Waals surface area contributed by atoms with Gasteiger partial charge in [-0.2, -0.15) is 13.2 Å². The molecule has 5 heteroatoms. The first kappa shape index (κ1) is 21.5. The van der Waals surface area contributed by atoms with Crippen molar-refractivity contribution in [3.63, 3.8) is 0 Å². The van der Waals surface area contributed by atoms with Crippen LogP contribution in [0.4, 0.5) is 18.9 Å². The van der Waals surface area contributed by atoms with Crippen molar-refractivity contribution in [1.29, 1.82) is 0 Å². The number of benzene rings is 1. The summed E-state index contributed by atoms with van der Waals surface area (Å²) in [6.45, 7) is 2.23. The standard InChI is InChI=1S/C20H30F3NO/c1-2-3-4-5-6-7-8-9-10-11-12-17-13-15-18(16-14-17)24-19(25)20(21,22)23/h13-16H,2-12H2,1H3,(H,24,25). The van der Waals surface area contributed by atoms with Crippen LogP contribution in [0.2, 0.25) is 0 Å². The highest BCUT2D eigenvalue weighted by atomic mass is 19.4. The van der Waals surface area contributed by atoms with Gasteiger partial charge in [0.2, 0.25) is 0 Å². The van der Waals surface area contributed by atoms with E-state index in [1.807, 2.05) is 5.32 Å². The van der Waals surface area contributed by atoms with Gasteiger partial charge in [0.05, 0.1) is 0 Å². The van der Waals surface area contributed by atoms with Gasteiger partial charge in [-0.05, 0) is 30.5 Å². The van der Waals surface area contributed by atoms with E-state index in [0.717, 1.165) is 18.4 Å². The lowest BCUT2D eigenvalue weighted by molar-refractivity contribution is -0.167. The monoisotopic (exact) mass is 357 g/mol. The van der Waals surface area contributed by atoms with Gasteiger partial charge in [0, 0.05) is 5.69 Å². The summed E-state index contributed by atoms with van der Waals surface area (Å²) >= 11 is 0. The molecule has 2 nitrogen and oxygen atoms in total. The maximum absolute atomic E-state index is 12.2. The van der Waals surface area contributed by atoms with Crippen LogP contribution in [0.5, 0.6) is 0 Å². The first-order valence-electron chi connectivity index (χ1n) is 9.40. The zero-order valence-electron chi connectivity index (χ0n) is 15.1. The predicted octanol–water partition coefficient (Wildman–Crippen LogP) is 6.65. The van der Waals surface area contributed by atoms with Crippen molar-refractivity contribution in [2.45, 2.75) is 83.7 Å². The first-order valence-corrected chi connectivity index (χ1v) is 9.40. The Balaban J connectivity index is 2.11. The van der Waals surface area contributed by atoms with Crippen molar-refractivity contribution < 1.29 is 18.0 Å². The third-order valence-electron chi connectivity index (χ3n) is 4.29. The van der Waals surface area contributed by atoms with E-state index in [1.165, 1.54) is 69.9 Å². The van der Waals surface area contributed by atoms with Crippen LogP contribution in [-0.4, -0.2) is 12.1 Å². The van der Waals surface area contributed by atoms with E-state index in [9.17, 15) is 18.0 Å². The average molecular weight is 357 g/mol. The Morgan fingerprint density at radius 1 is 0.840 bits per heavy atom. The van der Waals surface area contributed by atoms with Crippen molar-refractivity contribution >= 4 is 11.6 Å². The summed E-state index contributed by atoms with van der Waals surface area (Å²) in [6.07, 6.45) is 8.87. The lowest BCUT2D eigenvalue weighted by Crippen LogP contribution is -2.29. The minimum atomic E-state index is -4.85. The largest absolute Gasteiger partial charge is 0.471 e. The molecule has 0 spiro atoms. The molecule has 0 bridgehead atoms. The Bertz CT molecular complexity index is 483. The average Bonchev–Trinajstić information content (AvgIpc) is 2.57. The molecule has 1 N–H and O–H groups in total. The number of alkyl halides is 3. The Morgan fingerprint density at radius 3 is 1.80 bits per heavy atom. The van der Waals surface area contributed by atoms with Gasteiger partial charge in [0.15, 0.2) is 0 Å². The molecule has 0 fully saturated rings. The molecule has 1 rings (SSSR count). The number of carbonyl (C=O) groups is 1. The van der Waals surface area contributed by atoms with Gasteiger partial charge in [-0.15, -0.1) is 0 Å². The molecule has 0 saturated heterocycles. The molecule has 0 aliphatic carbocycles. The number of hydrogen-bond acceptors (Lipinski definition) is 1. The van der Waals surface area contributed by atoms with Crippen molar-refractivity contribution in [3.8, 4) is 0 Å². The van der Waals surface area contributed by atoms with E-state index in [0.29, 0.717) is 0 Å². The molecule has 1 aromatic carbocycles. The van der Waals surface area contributed by atoms with Crippen molar-refractivity contribution in [3.05, 3.63) is 29.8 Å². The van der Waals surface area contributed by atoms with E-state index >= 15 is 0 Å². The van der Waals surface area contributed by atoms with E-state index in [2.05, 4.69) is 6.92 Å². The molecule has 0 unspecified atom stereocenters. The van der Waals surface area contributed by atoms with Crippen molar-refractivity contribution in [2.75, 3.05) is 5.32 Å². The van der Waals surface area contributed by atoms with Crippen LogP contribution in [0.25, 0.3) is 0 Å². The van der Waals surface area contributed by atoms with Crippen molar-refractivity contribution in [2.24, 2.45) is 0 Å². The first-order chi connectivity index (χ1) is 11.9. The number of amides is 1. The lowest BCUT2D eigenvalue weighted by Gasteiger charge is -2.08. The molecular weight excluding hydrogens is 327 g/mol. The Labute approximate surface area is 149 Å². The van der Waals surface area contributed by atoms with Crippen LogP contribution in [0.3, 0.4) is 0 Å².